The number of carbonyl (C=O) groups is 1. The average molecular weight is 508 g/mol. The minimum absolute atomic E-state index is 0.137. The van der Waals surface area contributed by atoms with E-state index in [1.165, 1.54) is 23.9 Å². The first-order chi connectivity index (χ1) is 16.8. The number of nitriles is 1. The summed E-state index contributed by atoms with van der Waals surface area (Å²) < 4.78 is 25.1. The number of rotatable bonds is 8. The summed E-state index contributed by atoms with van der Waals surface area (Å²) in [7, 11) is 0. The Bertz CT molecular complexity index is 1270. The molecule has 7 heteroatoms. The third-order valence-corrected chi connectivity index (χ3v) is 7.19. The van der Waals surface area contributed by atoms with Gasteiger partial charge in [-0.3, -0.25) is 4.79 Å². The van der Waals surface area contributed by atoms with Crippen molar-refractivity contribution >= 4 is 29.3 Å². The van der Waals surface area contributed by atoms with Crippen LogP contribution < -0.4 is 4.74 Å². The van der Waals surface area contributed by atoms with Crippen molar-refractivity contribution in [3.05, 3.63) is 101 Å². The van der Waals surface area contributed by atoms with Crippen molar-refractivity contribution in [2.45, 2.75) is 24.8 Å². The lowest BCUT2D eigenvalue weighted by Crippen LogP contribution is -2.14. The van der Waals surface area contributed by atoms with E-state index in [9.17, 15) is 14.4 Å². The molecule has 0 aliphatic heterocycles. The van der Waals surface area contributed by atoms with E-state index in [2.05, 4.69) is 6.07 Å². The lowest BCUT2D eigenvalue weighted by molar-refractivity contribution is -0.149. The van der Waals surface area contributed by atoms with Crippen LogP contribution in [0.4, 0.5) is 4.39 Å². The van der Waals surface area contributed by atoms with Crippen molar-refractivity contribution in [2.24, 2.45) is 17.3 Å². The van der Waals surface area contributed by atoms with Gasteiger partial charge in [-0.1, -0.05) is 73.6 Å². The van der Waals surface area contributed by atoms with Gasteiger partial charge in [-0.15, -0.1) is 0 Å². The van der Waals surface area contributed by atoms with Crippen molar-refractivity contribution in [3.8, 4) is 17.6 Å². The number of halogens is 2. The Balaban J connectivity index is 1.42. The number of benzene rings is 3. The number of para-hydroxylation sites is 1. The van der Waals surface area contributed by atoms with Gasteiger partial charge in [-0.2, -0.15) is 5.26 Å². The molecule has 0 aromatic heterocycles. The summed E-state index contributed by atoms with van der Waals surface area (Å²) in [5, 5.41) is 9.71. The van der Waals surface area contributed by atoms with Gasteiger partial charge in [0.25, 0.3) is 0 Å². The summed E-state index contributed by atoms with van der Waals surface area (Å²) in [6.07, 6.45) is 0.768. The molecule has 1 aliphatic rings. The fourth-order valence-electron chi connectivity index (χ4n) is 3.95. The number of allylic oxidation sites excluding steroid dienone is 1. The number of hydrogen-bond acceptors (Lipinski definition) is 5. The third kappa shape index (κ3) is 6.05. The highest BCUT2D eigenvalue weighted by atomic mass is 35.5. The molecule has 0 radical (unpaired) electrons. The highest BCUT2D eigenvalue weighted by Crippen LogP contribution is 2.60. The highest BCUT2D eigenvalue weighted by molar-refractivity contribution is 8.04. The van der Waals surface area contributed by atoms with Crippen molar-refractivity contribution in [1.82, 2.24) is 0 Å². The summed E-state index contributed by atoms with van der Waals surface area (Å²) in [5.41, 5.74) is 0.170. The van der Waals surface area contributed by atoms with Gasteiger partial charge in [0.1, 0.15) is 23.4 Å². The number of carbonyl (C=O) groups excluding carboxylic acids is 1. The van der Waals surface area contributed by atoms with Crippen LogP contribution in [0.3, 0.4) is 0 Å². The number of ether oxygens (including phenoxy) is 2. The van der Waals surface area contributed by atoms with Crippen LogP contribution in [0, 0.1) is 34.4 Å². The molecule has 4 nitrogen and oxygen atoms in total. The van der Waals surface area contributed by atoms with E-state index in [1.54, 1.807) is 36.4 Å². The van der Waals surface area contributed by atoms with Gasteiger partial charge >= 0.3 is 5.97 Å². The lowest BCUT2D eigenvalue weighted by Gasteiger charge is -2.13. The van der Waals surface area contributed by atoms with Crippen molar-refractivity contribution in [1.29, 1.82) is 5.26 Å². The maximum absolute atomic E-state index is 13.1. The van der Waals surface area contributed by atoms with Gasteiger partial charge in [-0.05, 0) is 59.9 Å². The molecule has 4 rings (SSSR count). The minimum Gasteiger partial charge on any atom is -0.457 e. The van der Waals surface area contributed by atoms with Gasteiger partial charge in [0.05, 0.1) is 10.3 Å². The molecule has 0 spiro atoms. The maximum atomic E-state index is 13.1. The predicted octanol–water partition coefficient (Wildman–Crippen LogP) is 7.87. The predicted molar refractivity (Wildman–Crippen MR) is 134 cm³/mol. The van der Waals surface area contributed by atoms with Crippen LogP contribution >= 0.6 is 23.4 Å². The van der Waals surface area contributed by atoms with E-state index in [0.717, 1.165) is 4.90 Å². The standard InChI is InChI=1S/C28H23ClFNO3S/c1-28(2)23(16-25(29)35-22-13-11-19(30)12-14-22)26(28)27(32)34-24(17-31)18-7-6-10-21(15-18)33-20-8-4-3-5-9-20/h3-16,23-24,26H,1-2H3/b25-16+. The molecule has 3 aromatic carbocycles. The monoisotopic (exact) mass is 507 g/mol. The van der Waals surface area contributed by atoms with Crippen LogP contribution in [-0.4, -0.2) is 5.97 Å². The molecule has 3 atom stereocenters. The van der Waals surface area contributed by atoms with Crippen LogP contribution in [0.2, 0.25) is 0 Å². The van der Waals surface area contributed by atoms with Gasteiger partial charge in [0.2, 0.25) is 6.10 Å². The van der Waals surface area contributed by atoms with E-state index in [0.29, 0.717) is 21.4 Å². The van der Waals surface area contributed by atoms with Crippen molar-refractivity contribution < 1.29 is 18.7 Å². The first kappa shape index (κ1) is 24.8. The molecule has 1 aliphatic carbocycles. The summed E-state index contributed by atoms with van der Waals surface area (Å²) in [6.45, 7) is 3.92. The molecular weight excluding hydrogens is 485 g/mol. The lowest BCUT2D eigenvalue weighted by atomic mass is 10.1. The fourth-order valence-corrected chi connectivity index (χ4v) is 5.07. The molecule has 0 saturated heterocycles. The maximum Gasteiger partial charge on any atom is 0.311 e. The van der Waals surface area contributed by atoms with Crippen LogP contribution in [0.15, 0.2) is 94.2 Å². The molecule has 178 valence electrons. The van der Waals surface area contributed by atoms with Gasteiger partial charge in [-0.25, -0.2) is 4.39 Å². The normalized spacial score (nSPS) is 19.3. The van der Waals surface area contributed by atoms with E-state index in [4.69, 9.17) is 21.1 Å². The zero-order valence-electron chi connectivity index (χ0n) is 19.2. The summed E-state index contributed by atoms with van der Waals surface area (Å²) in [5.74, 6) is -0.118. The third-order valence-electron chi connectivity index (χ3n) is 6.00. The second kappa shape index (κ2) is 10.6. The van der Waals surface area contributed by atoms with Gasteiger partial charge in [0.15, 0.2) is 0 Å². The Kier molecular flexibility index (Phi) is 7.49. The van der Waals surface area contributed by atoms with Gasteiger partial charge < -0.3 is 9.47 Å². The van der Waals surface area contributed by atoms with Crippen molar-refractivity contribution in [2.75, 3.05) is 0 Å². The smallest absolute Gasteiger partial charge is 0.311 e. The van der Waals surface area contributed by atoms with E-state index in [-0.39, 0.29) is 17.2 Å². The number of thioether (sulfide) groups is 1. The first-order valence-electron chi connectivity index (χ1n) is 11.0. The summed E-state index contributed by atoms with van der Waals surface area (Å²) >= 11 is 7.71. The fraction of sp³-hybridized carbons (Fsp3) is 0.214. The Morgan fingerprint density at radius 3 is 2.46 bits per heavy atom. The minimum atomic E-state index is -1.06. The molecule has 3 unspecified atom stereocenters. The van der Waals surface area contributed by atoms with E-state index in [1.807, 2.05) is 50.3 Å². The number of esters is 1. The van der Waals surface area contributed by atoms with E-state index >= 15 is 0 Å². The Hall–Kier alpha value is -3.27. The zero-order chi connectivity index (χ0) is 25.0. The van der Waals surface area contributed by atoms with Crippen molar-refractivity contribution in [3.63, 3.8) is 0 Å². The molecule has 0 amide bonds. The van der Waals surface area contributed by atoms with Gasteiger partial charge in [0, 0.05) is 10.5 Å². The molecule has 0 heterocycles. The second-order valence-corrected chi connectivity index (χ2v) is 10.5. The first-order valence-corrected chi connectivity index (χ1v) is 12.2. The van der Waals surface area contributed by atoms with Crippen LogP contribution in [0.1, 0.15) is 25.5 Å². The Labute approximate surface area is 213 Å². The second-order valence-electron chi connectivity index (χ2n) is 8.79. The Morgan fingerprint density at radius 2 is 1.77 bits per heavy atom. The molecule has 0 N–H and O–H groups in total. The SMILES string of the molecule is CC1(C)C(/C=C(\Cl)Sc2ccc(F)cc2)C1C(=O)OC(C#N)c1cccc(Oc2ccccc2)c1. The number of nitrogens with zero attached hydrogens (tertiary/aromatic N) is 1. The molecule has 35 heavy (non-hydrogen) atoms. The van der Waals surface area contributed by atoms with Crippen LogP contribution in [0.25, 0.3) is 0 Å². The van der Waals surface area contributed by atoms with Crippen LogP contribution in [-0.2, 0) is 9.53 Å². The quantitative estimate of drug-likeness (QED) is 0.229. The van der Waals surface area contributed by atoms with Crippen LogP contribution in [0.5, 0.6) is 11.5 Å². The number of hydrogen-bond donors (Lipinski definition) is 0. The highest BCUT2D eigenvalue weighted by Gasteiger charge is 2.62. The topological polar surface area (TPSA) is 59.3 Å². The largest absolute Gasteiger partial charge is 0.457 e. The summed E-state index contributed by atoms with van der Waals surface area (Å²) in [4.78, 5) is 13.8. The molecular formula is C28H23ClFNO3S. The molecule has 1 fully saturated rings. The molecule has 0 bridgehead atoms. The Morgan fingerprint density at radius 1 is 1.09 bits per heavy atom. The van der Waals surface area contributed by atoms with E-state index < -0.39 is 18.0 Å². The zero-order valence-corrected chi connectivity index (χ0v) is 20.7. The summed E-state index contributed by atoms with van der Waals surface area (Å²) in [6, 6.07) is 24.3. The molecule has 1 saturated carbocycles. The average Bonchev–Trinajstić information content (AvgIpc) is 3.38. The molecule has 3 aromatic rings.